The van der Waals surface area contributed by atoms with E-state index >= 15 is 0 Å². The highest BCUT2D eigenvalue weighted by Crippen LogP contribution is 2.49. The van der Waals surface area contributed by atoms with Crippen LogP contribution in [0.1, 0.15) is 51.9 Å². The van der Waals surface area contributed by atoms with Gasteiger partial charge in [0.2, 0.25) is 11.3 Å². The predicted octanol–water partition coefficient (Wildman–Crippen LogP) is 2.90. The van der Waals surface area contributed by atoms with Gasteiger partial charge in [0.1, 0.15) is 0 Å². The van der Waals surface area contributed by atoms with Crippen LogP contribution < -0.4 is 4.72 Å². The minimum Gasteiger partial charge on any atom is -0.469 e. The van der Waals surface area contributed by atoms with E-state index < -0.39 is 11.3 Å². The summed E-state index contributed by atoms with van der Waals surface area (Å²) in [6, 6.07) is 0.253. The van der Waals surface area contributed by atoms with E-state index in [9.17, 15) is 9.00 Å². The van der Waals surface area contributed by atoms with Crippen molar-refractivity contribution in [2.24, 2.45) is 17.8 Å². The molecule has 5 nitrogen and oxygen atoms in total. The van der Waals surface area contributed by atoms with Crippen molar-refractivity contribution in [2.45, 2.75) is 57.9 Å². The summed E-state index contributed by atoms with van der Waals surface area (Å²) < 4.78 is 25.1. The third-order valence-corrected chi connectivity index (χ3v) is 5.79. The second-order valence-electron chi connectivity index (χ2n) is 6.51. The molecular formula is C17H29NO4S. The number of nitrogens with one attached hydrogen (secondary N) is 1. The van der Waals surface area contributed by atoms with Crippen LogP contribution in [0, 0.1) is 17.8 Å². The molecule has 132 valence electrons. The van der Waals surface area contributed by atoms with Crippen molar-refractivity contribution >= 4 is 17.2 Å². The molecule has 0 aliphatic heterocycles. The Kier molecular flexibility index (Phi) is 7.73. The molecule has 2 aliphatic carbocycles. The molecule has 5 atom stereocenters. The standard InChI is InChI=1S/C17H29NO4S/c1-3-11-22-23(20)18-17-14-10-9-13(12-14)15(17)7-5-4-6-8-16(19)21-2/h5,7,13-15,17-18H,3-4,6,8-12H2,1-2H3/b7-5-/t13-,14+,15+,17?,23?/m0/s1. The summed E-state index contributed by atoms with van der Waals surface area (Å²) in [4.78, 5) is 11.1. The Balaban J connectivity index is 1.80. The maximum Gasteiger partial charge on any atom is 0.305 e. The Hall–Kier alpha value is -0.720. The van der Waals surface area contributed by atoms with Crippen molar-refractivity contribution in [3.8, 4) is 0 Å². The van der Waals surface area contributed by atoms with Crippen molar-refractivity contribution < 1.29 is 17.9 Å². The number of methoxy groups -OCH3 is 1. The Morgan fingerprint density at radius 2 is 2.13 bits per heavy atom. The van der Waals surface area contributed by atoms with Gasteiger partial charge in [0.25, 0.3) is 0 Å². The number of ether oxygens (including phenoxy) is 1. The topological polar surface area (TPSA) is 64.6 Å². The number of fused-ring (bicyclic) bond motifs is 2. The van der Waals surface area contributed by atoms with E-state index in [1.54, 1.807) is 0 Å². The summed E-state index contributed by atoms with van der Waals surface area (Å²) in [6.45, 7) is 2.53. The van der Waals surface area contributed by atoms with Gasteiger partial charge in [0.15, 0.2) is 0 Å². The molecule has 0 saturated heterocycles. The molecule has 2 saturated carbocycles. The van der Waals surface area contributed by atoms with Crippen molar-refractivity contribution in [3.63, 3.8) is 0 Å². The van der Waals surface area contributed by atoms with E-state index in [2.05, 4.69) is 21.6 Å². The van der Waals surface area contributed by atoms with Crippen LogP contribution in [0.5, 0.6) is 0 Å². The highest BCUT2D eigenvalue weighted by atomic mass is 32.2. The molecule has 2 rings (SSSR count). The van der Waals surface area contributed by atoms with Crippen molar-refractivity contribution in [1.29, 1.82) is 0 Å². The van der Waals surface area contributed by atoms with Gasteiger partial charge in [-0.05, 0) is 56.3 Å². The highest BCUT2D eigenvalue weighted by molar-refractivity contribution is 7.78. The summed E-state index contributed by atoms with van der Waals surface area (Å²) in [5.41, 5.74) is 0. The largest absolute Gasteiger partial charge is 0.469 e. The van der Waals surface area contributed by atoms with Gasteiger partial charge in [0.05, 0.1) is 13.7 Å². The van der Waals surface area contributed by atoms with Crippen molar-refractivity contribution in [1.82, 2.24) is 4.72 Å². The van der Waals surface area contributed by atoms with E-state index in [1.165, 1.54) is 26.4 Å². The molecule has 0 spiro atoms. The van der Waals surface area contributed by atoms with Gasteiger partial charge in [-0.25, -0.2) is 8.93 Å². The highest BCUT2D eigenvalue weighted by Gasteiger charge is 2.46. The second-order valence-corrected chi connectivity index (χ2v) is 7.45. The molecule has 0 aromatic rings. The van der Waals surface area contributed by atoms with Crippen LogP contribution in [0.25, 0.3) is 0 Å². The molecule has 0 heterocycles. The lowest BCUT2D eigenvalue weighted by molar-refractivity contribution is -0.140. The van der Waals surface area contributed by atoms with E-state index in [0.717, 1.165) is 19.3 Å². The molecule has 2 aliphatic rings. The fourth-order valence-electron chi connectivity index (χ4n) is 3.81. The number of carbonyl (C=O) groups is 1. The maximum atomic E-state index is 12.0. The first-order chi connectivity index (χ1) is 11.2. The Morgan fingerprint density at radius 3 is 2.87 bits per heavy atom. The summed E-state index contributed by atoms with van der Waals surface area (Å²) in [5, 5.41) is 0. The molecular weight excluding hydrogens is 314 g/mol. The third kappa shape index (κ3) is 5.40. The number of unbranched alkanes of at least 4 members (excludes halogenated alkanes) is 1. The first-order valence-corrected chi connectivity index (χ1v) is 9.77. The number of hydrogen-bond acceptors (Lipinski definition) is 4. The maximum absolute atomic E-state index is 12.0. The normalized spacial score (nSPS) is 30.9. The number of carbonyl (C=O) groups excluding carboxylic acids is 1. The lowest BCUT2D eigenvalue weighted by Gasteiger charge is -2.29. The van der Waals surface area contributed by atoms with Crippen LogP contribution in [0.4, 0.5) is 0 Å². The molecule has 23 heavy (non-hydrogen) atoms. The quantitative estimate of drug-likeness (QED) is 0.376. The minimum absolute atomic E-state index is 0.152. The summed E-state index contributed by atoms with van der Waals surface area (Å²) >= 11 is -1.39. The summed E-state index contributed by atoms with van der Waals surface area (Å²) in [7, 11) is 1.42. The van der Waals surface area contributed by atoms with Crippen LogP contribution in [0.2, 0.25) is 0 Å². The Morgan fingerprint density at radius 1 is 1.35 bits per heavy atom. The number of esters is 1. The Bertz CT molecular complexity index is 440. The molecule has 2 unspecified atom stereocenters. The lowest BCUT2D eigenvalue weighted by Crippen LogP contribution is -2.41. The molecule has 0 radical (unpaired) electrons. The van der Waals surface area contributed by atoms with Gasteiger partial charge in [-0.15, -0.1) is 0 Å². The van der Waals surface area contributed by atoms with Crippen molar-refractivity contribution in [2.75, 3.05) is 13.7 Å². The molecule has 1 N–H and O–H groups in total. The second kappa shape index (κ2) is 9.55. The Labute approximate surface area is 142 Å². The zero-order chi connectivity index (χ0) is 16.7. The van der Waals surface area contributed by atoms with E-state index in [-0.39, 0.29) is 12.0 Å². The van der Waals surface area contributed by atoms with Gasteiger partial charge >= 0.3 is 5.97 Å². The van der Waals surface area contributed by atoms with Crippen LogP contribution in [0.3, 0.4) is 0 Å². The van der Waals surface area contributed by atoms with Crippen molar-refractivity contribution in [3.05, 3.63) is 12.2 Å². The molecule has 0 aromatic heterocycles. The third-order valence-electron chi connectivity index (χ3n) is 4.95. The average molecular weight is 343 g/mol. The average Bonchev–Trinajstić information content (AvgIpc) is 3.14. The number of allylic oxidation sites excluding steroid dienone is 1. The van der Waals surface area contributed by atoms with Crippen LogP contribution in [0.15, 0.2) is 12.2 Å². The monoisotopic (exact) mass is 343 g/mol. The van der Waals surface area contributed by atoms with Crippen LogP contribution in [-0.4, -0.2) is 29.9 Å². The van der Waals surface area contributed by atoms with Gasteiger partial charge in [-0.1, -0.05) is 19.1 Å². The molecule has 2 bridgehead atoms. The zero-order valence-electron chi connectivity index (χ0n) is 14.2. The van der Waals surface area contributed by atoms with Crippen LogP contribution in [-0.2, 0) is 25.0 Å². The molecule has 0 amide bonds. The molecule has 0 aromatic carbocycles. The SMILES string of the molecule is CCCOS(=O)NC1[C@@H]2CC[C@@H](C2)[C@H]1/C=C\CCCC(=O)OC. The minimum atomic E-state index is -1.39. The van der Waals surface area contributed by atoms with E-state index in [1.807, 2.05) is 6.92 Å². The molecule has 6 heteroatoms. The van der Waals surface area contributed by atoms with E-state index in [4.69, 9.17) is 4.18 Å². The van der Waals surface area contributed by atoms with Gasteiger partial charge in [-0.3, -0.25) is 8.98 Å². The predicted molar refractivity (Wildman–Crippen MR) is 90.6 cm³/mol. The molecule has 2 fully saturated rings. The zero-order valence-corrected chi connectivity index (χ0v) is 15.0. The fraction of sp³-hybridized carbons (Fsp3) is 0.824. The van der Waals surface area contributed by atoms with Gasteiger partial charge in [0, 0.05) is 12.5 Å². The van der Waals surface area contributed by atoms with Gasteiger partial charge < -0.3 is 4.74 Å². The fourth-order valence-corrected chi connectivity index (χ4v) is 4.77. The summed E-state index contributed by atoms with van der Waals surface area (Å²) in [5.74, 6) is 1.58. The smallest absolute Gasteiger partial charge is 0.305 e. The summed E-state index contributed by atoms with van der Waals surface area (Å²) in [6.07, 6.45) is 11.2. The first kappa shape index (κ1) is 18.6. The number of rotatable bonds is 10. The lowest BCUT2D eigenvalue weighted by atomic mass is 9.84. The van der Waals surface area contributed by atoms with Gasteiger partial charge in [-0.2, -0.15) is 0 Å². The number of hydrogen-bond donors (Lipinski definition) is 1. The first-order valence-electron chi connectivity index (χ1n) is 8.70. The van der Waals surface area contributed by atoms with E-state index in [0.29, 0.717) is 30.8 Å². The van der Waals surface area contributed by atoms with Crippen LogP contribution >= 0.6 is 0 Å².